The molecule has 0 heterocycles. The molecule has 0 unspecified atom stereocenters. The van der Waals surface area contributed by atoms with E-state index in [0.717, 1.165) is 12.1 Å². The first kappa shape index (κ1) is 15.9. The van der Waals surface area contributed by atoms with Crippen LogP contribution in [0.1, 0.15) is 20.3 Å². The highest BCUT2D eigenvalue weighted by atomic mass is 19.1. The van der Waals surface area contributed by atoms with Crippen LogP contribution in [0.2, 0.25) is 0 Å². The summed E-state index contributed by atoms with van der Waals surface area (Å²) in [5.74, 6) is -2.43. The number of nitrogens with one attached hydrogen (secondary N) is 2. The Hall–Kier alpha value is -2.18. The number of anilines is 1. The monoisotopic (exact) mass is 285 g/mol. The number of primary amides is 1. The number of urea groups is 1. The van der Waals surface area contributed by atoms with E-state index in [1.807, 2.05) is 6.92 Å². The molecule has 0 aromatic heterocycles. The molecule has 3 amide bonds. The van der Waals surface area contributed by atoms with Crippen molar-refractivity contribution in [1.82, 2.24) is 5.32 Å². The smallest absolute Gasteiger partial charge is 0.312 e. The van der Waals surface area contributed by atoms with Gasteiger partial charge in [-0.2, -0.15) is 0 Å². The lowest BCUT2D eigenvalue weighted by atomic mass is 9.98. The van der Waals surface area contributed by atoms with Gasteiger partial charge in [0.05, 0.1) is 5.69 Å². The first-order valence-corrected chi connectivity index (χ1v) is 6.17. The fraction of sp³-hybridized carbons (Fsp3) is 0.385. The minimum atomic E-state index is -0.889. The maximum absolute atomic E-state index is 13.5. The summed E-state index contributed by atoms with van der Waals surface area (Å²) in [6.07, 6.45) is 0.615. The van der Waals surface area contributed by atoms with Crippen LogP contribution >= 0.6 is 0 Å². The summed E-state index contributed by atoms with van der Waals surface area (Å²) >= 11 is 0. The highest BCUT2D eigenvalue weighted by molar-refractivity contribution is 5.97. The molecule has 4 N–H and O–H groups in total. The predicted octanol–water partition coefficient (Wildman–Crippen LogP) is 1.99. The SMILES string of the molecule is CC[C@@H](C)[C@@H](NC(N)=O)C(=O)Nc1ccc(F)cc1F. The van der Waals surface area contributed by atoms with Gasteiger partial charge in [-0.05, 0) is 18.1 Å². The van der Waals surface area contributed by atoms with Crippen molar-refractivity contribution in [1.29, 1.82) is 0 Å². The fourth-order valence-electron chi connectivity index (χ4n) is 1.66. The van der Waals surface area contributed by atoms with Crippen LogP contribution in [-0.2, 0) is 4.79 Å². The normalized spacial score (nSPS) is 13.4. The number of hydrogen-bond donors (Lipinski definition) is 3. The molecule has 0 bridgehead atoms. The summed E-state index contributed by atoms with van der Waals surface area (Å²) in [7, 11) is 0. The Morgan fingerprint density at radius 3 is 2.50 bits per heavy atom. The highest BCUT2D eigenvalue weighted by Crippen LogP contribution is 2.17. The van der Waals surface area contributed by atoms with Gasteiger partial charge in [0.25, 0.3) is 0 Å². The molecule has 0 fully saturated rings. The predicted molar refractivity (Wildman–Crippen MR) is 70.9 cm³/mol. The van der Waals surface area contributed by atoms with Crippen molar-refractivity contribution in [3.05, 3.63) is 29.8 Å². The Morgan fingerprint density at radius 1 is 1.35 bits per heavy atom. The van der Waals surface area contributed by atoms with Crippen LogP contribution in [0.25, 0.3) is 0 Å². The van der Waals surface area contributed by atoms with Gasteiger partial charge in [0.2, 0.25) is 5.91 Å². The van der Waals surface area contributed by atoms with Gasteiger partial charge >= 0.3 is 6.03 Å². The Kier molecular flexibility index (Phi) is 5.42. The Balaban J connectivity index is 2.87. The van der Waals surface area contributed by atoms with Gasteiger partial charge in [-0.25, -0.2) is 13.6 Å². The number of carbonyl (C=O) groups is 2. The Morgan fingerprint density at radius 2 is 2.00 bits per heavy atom. The van der Waals surface area contributed by atoms with Crippen LogP contribution in [-0.4, -0.2) is 18.0 Å². The molecule has 1 rings (SSSR count). The minimum absolute atomic E-state index is 0.157. The van der Waals surface area contributed by atoms with E-state index >= 15 is 0 Å². The Bertz CT molecular complexity index is 508. The van der Waals surface area contributed by atoms with E-state index in [9.17, 15) is 18.4 Å². The topological polar surface area (TPSA) is 84.2 Å². The van der Waals surface area contributed by atoms with Gasteiger partial charge in [0.15, 0.2) is 0 Å². The van der Waals surface area contributed by atoms with Crippen molar-refractivity contribution in [2.24, 2.45) is 11.7 Å². The van der Waals surface area contributed by atoms with Crippen LogP contribution in [0.15, 0.2) is 18.2 Å². The van der Waals surface area contributed by atoms with E-state index in [1.165, 1.54) is 0 Å². The van der Waals surface area contributed by atoms with Crippen molar-refractivity contribution in [3.8, 4) is 0 Å². The molecule has 0 radical (unpaired) electrons. The number of amides is 3. The summed E-state index contributed by atoms with van der Waals surface area (Å²) in [6, 6.07) is 1.07. The van der Waals surface area contributed by atoms with Gasteiger partial charge in [0, 0.05) is 6.07 Å². The molecule has 5 nitrogen and oxygen atoms in total. The van der Waals surface area contributed by atoms with Crippen molar-refractivity contribution in [2.45, 2.75) is 26.3 Å². The molecular formula is C13H17F2N3O2. The van der Waals surface area contributed by atoms with Gasteiger partial charge in [0.1, 0.15) is 17.7 Å². The zero-order chi connectivity index (χ0) is 15.3. The average molecular weight is 285 g/mol. The first-order chi connectivity index (χ1) is 9.35. The molecule has 1 aromatic carbocycles. The van der Waals surface area contributed by atoms with Gasteiger partial charge < -0.3 is 16.4 Å². The molecule has 7 heteroatoms. The third-order valence-electron chi connectivity index (χ3n) is 2.98. The zero-order valence-corrected chi connectivity index (χ0v) is 11.2. The number of nitrogens with two attached hydrogens (primary N) is 1. The molecule has 0 saturated heterocycles. The van der Waals surface area contributed by atoms with E-state index < -0.39 is 29.6 Å². The first-order valence-electron chi connectivity index (χ1n) is 6.17. The Labute approximate surface area is 115 Å². The highest BCUT2D eigenvalue weighted by Gasteiger charge is 2.25. The molecule has 0 spiro atoms. The molecule has 0 aliphatic heterocycles. The second kappa shape index (κ2) is 6.83. The van der Waals surface area contributed by atoms with E-state index in [4.69, 9.17) is 5.73 Å². The van der Waals surface area contributed by atoms with Crippen molar-refractivity contribution in [3.63, 3.8) is 0 Å². The molecule has 20 heavy (non-hydrogen) atoms. The molecule has 0 saturated carbocycles. The van der Waals surface area contributed by atoms with E-state index in [-0.39, 0.29) is 11.6 Å². The van der Waals surface area contributed by atoms with E-state index in [2.05, 4.69) is 10.6 Å². The summed E-state index contributed by atoms with van der Waals surface area (Å²) in [6.45, 7) is 3.59. The van der Waals surface area contributed by atoms with Gasteiger partial charge in [-0.3, -0.25) is 4.79 Å². The number of benzene rings is 1. The quantitative estimate of drug-likeness (QED) is 0.773. The van der Waals surface area contributed by atoms with Crippen molar-refractivity contribution >= 4 is 17.6 Å². The number of rotatable bonds is 5. The lowest BCUT2D eigenvalue weighted by Crippen LogP contribution is -2.49. The number of hydrogen-bond acceptors (Lipinski definition) is 2. The lowest BCUT2D eigenvalue weighted by molar-refractivity contribution is -0.119. The third kappa shape index (κ3) is 4.18. The zero-order valence-electron chi connectivity index (χ0n) is 11.2. The summed E-state index contributed by atoms with van der Waals surface area (Å²) < 4.78 is 26.2. The molecule has 0 aliphatic carbocycles. The van der Waals surface area contributed by atoms with Crippen LogP contribution < -0.4 is 16.4 Å². The molecule has 2 atom stereocenters. The number of carbonyl (C=O) groups excluding carboxylic acids is 2. The maximum atomic E-state index is 13.5. The molecule has 110 valence electrons. The third-order valence-corrected chi connectivity index (χ3v) is 2.98. The molecule has 1 aromatic rings. The standard InChI is InChI=1S/C13H17F2N3O2/c1-3-7(2)11(18-13(16)20)12(19)17-10-5-4-8(14)6-9(10)15/h4-7,11H,3H2,1-2H3,(H,17,19)(H3,16,18,20)/t7-,11-/m1/s1. The van der Waals surface area contributed by atoms with Crippen molar-refractivity contribution < 1.29 is 18.4 Å². The van der Waals surface area contributed by atoms with E-state index in [1.54, 1.807) is 6.92 Å². The minimum Gasteiger partial charge on any atom is -0.352 e. The van der Waals surface area contributed by atoms with Crippen LogP contribution in [0.5, 0.6) is 0 Å². The van der Waals surface area contributed by atoms with Crippen molar-refractivity contribution in [2.75, 3.05) is 5.32 Å². The fourth-order valence-corrected chi connectivity index (χ4v) is 1.66. The van der Waals surface area contributed by atoms with Crippen LogP contribution in [0.3, 0.4) is 0 Å². The summed E-state index contributed by atoms with van der Waals surface area (Å²) in [4.78, 5) is 22.9. The molecule has 0 aliphatic rings. The van der Waals surface area contributed by atoms with Gasteiger partial charge in [-0.1, -0.05) is 20.3 Å². The second-order valence-corrected chi connectivity index (χ2v) is 4.49. The van der Waals surface area contributed by atoms with Crippen LogP contribution in [0, 0.1) is 17.6 Å². The summed E-state index contributed by atoms with van der Waals surface area (Å²) in [5, 5.41) is 4.62. The maximum Gasteiger partial charge on any atom is 0.312 e. The van der Waals surface area contributed by atoms with E-state index in [0.29, 0.717) is 12.5 Å². The van der Waals surface area contributed by atoms with Crippen LogP contribution in [0.4, 0.5) is 19.3 Å². The second-order valence-electron chi connectivity index (χ2n) is 4.49. The lowest BCUT2D eigenvalue weighted by Gasteiger charge is -2.22. The molecular weight excluding hydrogens is 268 g/mol. The number of halogens is 2. The van der Waals surface area contributed by atoms with Gasteiger partial charge in [-0.15, -0.1) is 0 Å². The largest absolute Gasteiger partial charge is 0.352 e. The average Bonchev–Trinajstić information content (AvgIpc) is 2.38. The summed E-state index contributed by atoms with van der Waals surface area (Å²) in [5.41, 5.74) is 4.86.